The van der Waals surface area contributed by atoms with E-state index in [9.17, 15) is 26.3 Å². The van der Waals surface area contributed by atoms with E-state index in [-0.39, 0.29) is 0 Å². The Morgan fingerprint density at radius 2 is 1.79 bits per heavy atom. The predicted octanol–water partition coefficient (Wildman–Crippen LogP) is 3.23. The van der Waals surface area contributed by atoms with Crippen molar-refractivity contribution >= 4 is 11.6 Å². The van der Waals surface area contributed by atoms with Gasteiger partial charge in [0.15, 0.2) is 5.75 Å². The molecule has 1 aromatic rings. The first-order valence-electron chi connectivity index (χ1n) is 4.60. The van der Waals surface area contributed by atoms with Gasteiger partial charge in [0.1, 0.15) is 5.69 Å². The molecule has 1 rings (SSSR count). The quantitative estimate of drug-likeness (QED) is 0.688. The number of aliphatic hydroxyl groups excluding tert-OH is 1. The lowest BCUT2D eigenvalue weighted by molar-refractivity contribution is -0.275. The lowest BCUT2D eigenvalue weighted by Crippen LogP contribution is -2.21. The van der Waals surface area contributed by atoms with E-state index in [4.69, 9.17) is 16.7 Å². The molecule has 108 valence electrons. The van der Waals surface area contributed by atoms with Crippen LogP contribution in [-0.4, -0.2) is 16.5 Å². The number of hydrogen-bond acceptors (Lipinski definition) is 3. The molecular formula is C9H6ClF6NO2. The maximum atomic E-state index is 12.6. The van der Waals surface area contributed by atoms with Crippen LogP contribution < -0.4 is 4.74 Å². The van der Waals surface area contributed by atoms with Crippen molar-refractivity contribution in [2.45, 2.75) is 25.0 Å². The molecule has 0 saturated carbocycles. The number of nitrogens with zero attached hydrogens (tertiary/aromatic N) is 1. The molecule has 0 atom stereocenters. The molecule has 0 aliphatic heterocycles. The zero-order valence-corrected chi connectivity index (χ0v) is 9.70. The largest absolute Gasteiger partial charge is 0.573 e. The van der Waals surface area contributed by atoms with E-state index in [0.717, 1.165) is 0 Å². The van der Waals surface area contributed by atoms with Crippen molar-refractivity contribution in [3.05, 3.63) is 23.0 Å². The molecule has 0 spiro atoms. The van der Waals surface area contributed by atoms with Gasteiger partial charge in [0, 0.05) is 11.8 Å². The molecule has 0 aliphatic carbocycles. The van der Waals surface area contributed by atoms with Gasteiger partial charge in [0.05, 0.1) is 18.1 Å². The average Bonchev–Trinajstić information content (AvgIpc) is 2.25. The fourth-order valence-electron chi connectivity index (χ4n) is 1.30. The Kier molecular flexibility index (Phi) is 4.51. The molecule has 10 heteroatoms. The number of rotatable bonds is 3. The van der Waals surface area contributed by atoms with Crippen molar-refractivity contribution in [2.75, 3.05) is 0 Å². The van der Waals surface area contributed by atoms with Crippen LogP contribution in [0.15, 0.2) is 6.20 Å². The van der Waals surface area contributed by atoms with Gasteiger partial charge in [0.2, 0.25) is 0 Å². The van der Waals surface area contributed by atoms with Gasteiger partial charge in [-0.25, -0.2) is 0 Å². The van der Waals surface area contributed by atoms with Crippen LogP contribution in [0.2, 0.25) is 0 Å². The van der Waals surface area contributed by atoms with Crippen LogP contribution in [-0.2, 0) is 18.7 Å². The topological polar surface area (TPSA) is 42.4 Å². The zero-order chi connectivity index (χ0) is 14.8. The van der Waals surface area contributed by atoms with E-state index in [1.54, 1.807) is 0 Å². The van der Waals surface area contributed by atoms with Crippen molar-refractivity contribution < 1.29 is 36.2 Å². The van der Waals surface area contributed by atoms with E-state index < -0.39 is 47.6 Å². The highest BCUT2D eigenvalue weighted by molar-refractivity contribution is 6.17. The van der Waals surface area contributed by atoms with Gasteiger partial charge in [-0.2, -0.15) is 13.2 Å². The van der Waals surface area contributed by atoms with Crippen LogP contribution in [0.3, 0.4) is 0 Å². The number of hydrogen-bond donors (Lipinski definition) is 1. The van der Waals surface area contributed by atoms with E-state index in [1.165, 1.54) is 0 Å². The minimum Gasteiger partial charge on any atom is -0.403 e. The molecule has 0 unspecified atom stereocenters. The molecule has 3 nitrogen and oxygen atoms in total. The summed E-state index contributed by atoms with van der Waals surface area (Å²) in [7, 11) is 0. The number of aliphatic hydroxyl groups is 1. The first kappa shape index (κ1) is 15.8. The Hall–Kier alpha value is -1.22. The SMILES string of the molecule is OCc1ncc(C(F)(F)F)c(CCl)c1OC(F)(F)F. The van der Waals surface area contributed by atoms with Crippen LogP contribution in [0.1, 0.15) is 16.8 Å². The van der Waals surface area contributed by atoms with Gasteiger partial charge in [-0.05, 0) is 0 Å². The summed E-state index contributed by atoms with van der Waals surface area (Å²) in [6, 6.07) is 0. The molecule has 0 aromatic carbocycles. The van der Waals surface area contributed by atoms with Gasteiger partial charge in [-0.3, -0.25) is 4.98 Å². The second-order valence-electron chi connectivity index (χ2n) is 3.26. The molecule has 0 radical (unpaired) electrons. The second kappa shape index (κ2) is 5.41. The van der Waals surface area contributed by atoms with Crippen molar-refractivity contribution in [2.24, 2.45) is 0 Å². The van der Waals surface area contributed by atoms with Crippen LogP contribution in [0, 0.1) is 0 Å². The third-order valence-corrected chi connectivity index (χ3v) is 2.28. The summed E-state index contributed by atoms with van der Waals surface area (Å²) >= 11 is 5.24. The first-order chi connectivity index (χ1) is 8.60. The molecule has 1 aromatic heterocycles. The Balaban J connectivity index is 3.46. The minimum atomic E-state index is -5.23. The second-order valence-corrected chi connectivity index (χ2v) is 3.53. The smallest absolute Gasteiger partial charge is 0.403 e. The molecule has 19 heavy (non-hydrogen) atoms. The molecule has 0 amide bonds. The van der Waals surface area contributed by atoms with Crippen LogP contribution in [0.25, 0.3) is 0 Å². The normalized spacial score (nSPS) is 12.6. The third kappa shape index (κ3) is 3.87. The van der Waals surface area contributed by atoms with Gasteiger partial charge < -0.3 is 9.84 Å². The van der Waals surface area contributed by atoms with E-state index in [2.05, 4.69) is 9.72 Å². The van der Waals surface area contributed by atoms with Crippen molar-refractivity contribution in [3.63, 3.8) is 0 Å². The Morgan fingerprint density at radius 1 is 1.21 bits per heavy atom. The lowest BCUT2D eigenvalue weighted by Gasteiger charge is -2.18. The number of halogens is 7. The fraction of sp³-hybridized carbons (Fsp3) is 0.444. The van der Waals surface area contributed by atoms with Gasteiger partial charge in [-0.1, -0.05) is 0 Å². The monoisotopic (exact) mass is 309 g/mol. The van der Waals surface area contributed by atoms with E-state index >= 15 is 0 Å². The zero-order valence-electron chi connectivity index (χ0n) is 8.94. The summed E-state index contributed by atoms with van der Waals surface area (Å²) in [5, 5.41) is 8.79. The highest BCUT2D eigenvalue weighted by Crippen LogP contribution is 2.39. The summed E-state index contributed by atoms with van der Waals surface area (Å²) in [5.74, 6) is -2.10. The van der Waals surface area contributed by atoms with Gasteiger partial charge in [0.25, 0.3) is 0 Å². The number of alkyl halides is 7. The average molecular weight is 310 g/mol. The number of pyridine rings is 1. The van der Waals surface area contributed by atoms with Crippen LogP contribution in [0.4, 0.5) is 26.3 Å². The summed E-state index contributed by atoms with van der Waals surface area (Å²) in [6.45, 7) is -1.02. The fourth-order valence-corrected chi connectivity index (χ4v) is 1.57. The van der Waals surface area contributed by atoms with Crippen LogP contribution in [0.5, 0.6) is 5.75 Å². The van der Waals surface area contributed by atoms with Crippen molar-refractivity contribution in [1.29, 1.82) is 0 Å². The van der Waals surface area contributed by atoms with Crippen molar-refractivity contribution in [1.82, 2.24) is 4.98 Å². The molecule has 0 saturated heterocycles. The molecular weight excluding hydrogens is 304 g/mol. The Bertz CT molecular complexity index is 459. The maximum Gasteiger partial charge on any atom is 0.573 e. The lowest BCUT2D eigenvalue weighted by atomic mass is 10.1. The highest BCUT2D eigenvalue weighted by atomic mass is 35.5. The van der Waals surface area contributed by atoms with Gasteiger partial charge >= 0.3 is 12.5 Å². The summed E-state index contributed by atoms with van der Waals surface area (Å²) in [5.41, 5.74) is -3.05. The standard InChI is InChI=1S/C9H6ClF6NO2/c10-1-4-5(8(11,12)13)2-17-6(3-18)7(4)19-9(14,15)16/h2,18H,1,3H2. The molecule has 1 N–H and O–H groups in total. The molecule has 0 bridgehead atoms. The predicted molar refractivity (Wildman–Crippen MR) is 51.4 cm³/mol. The molecule has 0 aliphatic rings. The molecule has 1 heterocycles. The van der Waals surface area contributed by atoms with E-state index in [0.29, 0.717) is 6.20 Å². The van der Waals surface area contributed by atoms with Crippen molar-refractivity contribution in [3.8, 4) is 5.75 Å². The molecule has 0 fully saturated rings. The summed E-state index contributed by atoms with van der Waals surface area (Å²) in [4.78, 5) is 3.10. The summed E-state index contributed by atoms with van der Waals surface area (Å²) in [6.07, 6.45) is -9.86. The van der Waals surface area contributed by atoms with E-state index in [1.807, 2.05) is 0 Å². The van der Waals surface area contributed by atoms with Crippen LogP contribution >= 0.6 is 11.6 Å². The first-order valence-corrected chi connectivity index (χ1v) is 5.14. The number of ether oxygens (including phenoxy) is 1. The Morgan fingerprint density at radius 3 is 2.16 bits per heavy atom. The van der Waals surface area contributed by atoms with Gasteiger partial charge in [-0.15, -0.1) is 24.8 Å². The third-order valence-electron chi connectivity index (χ3n) is 2.02. The Labute approximate surface area is 107 Å². The summed E-state index contributed by atoms with van der Waals surface area (Å²) < 4.78 is 77.7. The minimum absolute atomic E-state index is 0.298. The highest BCUT2D eigenvalue weighted by Gasteiger charge is 2.39. The number of aromatic nitrogens is 1. The maximum absolute atomic E-state index is 12.6.